The third kappa shape index (κ3) is 9.53. The average Bonchev–Trinajstić information content (AvgIpc) is 3.26. The van der Waals surface area contributed by atoms with Gasteiger partial charge in [-0.1, -0.05) is 12.8 Å². The van der Waals surface area contributed by atoms with E-state index < -0.39 is 17.2 Å². The Morgan fingerprint density at radius 1 is 1.23 bits per heavy atom. The molecule has 1 saturated carbocycles. The van der Waals surface area contributed by atoms with Crippen LogP contribution in [0.2, 0.25) is 0 Å². The van der Waals surface area contributed by atoms with Crippen LogP contribution < -0.4 is 16.0 Å². The van der Waals surface area contributed by atoms with Gasteiger partial charge in [0.15, 0.2) is 5.96 Å². The maximum absolute atomic E-state index is 12.0. The summed E-state index contributed by atoms with van der Waals surface area (Å²) in [6, 6.07) is 2.58. The molecule has 0 aliphatic heterocycles. The second-order valence-corrected chi connectivity index (χ2v) is 9.28. The Labute approximate surface area is 198 Å². The smallest absolute Gasteiger partial charge is 0.408 e. The molecule has 0 radical (unpaired) electrons. The highest BCUT2D eigenvalue weighted by Gasteiger charge is 2.25. The van der Waals surface area contributed by atoms with Crippen molar-refractivity contribution in [2.24, 2.45) is 4.99 Å². The van der Waals surface area contributed by atoms with Gasteiger partial charge in [-0.25, -0.2) is 9.79 Å². The van der Waals surface area contributed by atoms with Gasteiger partial charge in [0, 0.05) is 19.3 Å². The molecule has 0 bridgehead atoms. The van der Waals surface area contributed by atoms with Crippen molar-refractivity contribution in [2.75, 3.05) is 13.1 Å². The molecule has 1 aliphatic carbocycles. The van der Waals surface area contributed by atoms with Crippen LogP contribution in [0.4, 0.5) is 4.79 Å². The molecule has 0 spiro atoms. The molecular weight excluding hydrogens is 495 g/mol. The minimum atomic E-state index is -0.522. The van der Waals surface area contributed by atoms with Crippen LogP contribution in [0.5, 0.6) is 0 Å². The third-order valence-electron chi connectivity index (χ3n) is 4.64. The lowest BCUT2D eigenvalue weighted by Crippen LogP contribution is -2.54. The zero-order chi connectivity index (χ0) is 21.5. The van der Waals surface area contributed by atoms with Crippen LogP contribution >= 0.6 is 24.0 Å². The molecule has 0 saturated heterocycles. The largest absolute Gasteiger partial charge is 0.444 e. The van der Waals surface area contributed by atoms with E-state index in [2.05, 4.69) is 36.9 Å². The molecule has 172 valence electrons. The Bertz CT molecular complexity index is 690. The first-order chi connectivity index (χ1) is 13.6. The number of guanidine groups is 1. The summed E-state index contributed by atoms with van der Waals surface area (Å²) in [5.41, 5.74) is -0.0608. The van der Waals surface area contributed by atoms with E-state index in [4.69, 9.17) is 4.74 Å². The minimum Gasteiger partial charge on any atom is -0.444 e. The zero-order valence-corrected chi connectivity index (χ0v) is 21.6. The second kappa shape index (κ2) is 11.8. The number of aromatic nitrogens is 2. The second-order valence-electron chi connectivity index (χ2n) is 9.28. The fourth-order valence-corrected chi connectivity index (χ4v) is 3.26. The first-order valence-corrected chi connectivity index (χ1v) is 10.7. The van der Waals surface area contributed by atoms with Gasteiger partial charge in [-0.15, -0.1) is 24.0 Å². The van der Waals surface area contributed by atoms with Gasteiger partial charge in [-0.3, -0.25) is 4.68 Å². The maximum atomic E-state index is 12.0. The van der Waals surface area contributed by atoms with Crippen molar-refractivity contribution in [1.82, 2.24) is 25.7 Å². The fourth-order valence-electron chi connectivity index (χ4n) is 3.26. The Morgan fingerprint density at radius 3 is 2.50 bits per heavy atom. The lowest BCUT2D eigenvalue weighted by molar-refractivity contribution is 0.0474. The third-order valence-corrected chi connectivity index (χ3v) is 4.64. The number of alkyl carbamates (subject to hydrolysis) is 1. The predicted molar refractivity (Wildman–Crippen MR) is 131 cm³/mol. The van der Waals surface area contributed by atoms with Crippen LogP contribution in [-0.4, -0.2) is 46.1 Å². The van der Waals surface area contributed by atoms with Crippen LogP contribution in [0.1, 0.15) is 79.0 Å². The molecule has 1 aromatic heterocycles. The van der Waals surface area contributed by atoms with E-state index in [1.807, 2.05) is 47.6 Å². The standard InChI is InChI=1S/C21H38N6O2.HI/c1-7-22-18(24-15-21(5,6)25-19(28)29-20(2,3)4)23-14-16-12-13-27(26-16)17-10-8-9-11-17;/h12-13,17H,7-11,14-15H2,1-6H3,(H,25,28)(H2,22,23,24);1H. The van der Waals surface area contributed by atoms with E-state index in [9.17, 15) is 4.79 Å². The van der Waals surface area contributed by atoms with Crippen molar-refractivity contribution in [3.05, 3.63) is 18.0 Å². The van der Waals surface area contributed by atoms with E-state index >= 15 is 0 Å². The fraction of sp³-hybridized carbons (Fsp3) is 0.762. The molecule has 9 heteroatoms. The summed E-state index contributed by atoms with van der Waals surface area (Å²) in [6.45, 7) is 13.2. The molecule has 1 heterocycles. The van der Waals surface area contributed by atoms with Crippen molar-refractivity contribution in [3.63, 3.8) is 0 Å². The molecule has 0 atom stereocenters. The molecule has 1 aromatic rings. The molecule has 8 nitrogen and oxygen atoms in total. The van der Waals surface area contributed by atoms with Gasteiger partial charge in [0.1, 0.15) is 5.60 Å². The molecule has 1 amide bonds. The van der Waals surface area contributed by atoms with E-state index in [1.54, 1.807) is 0 Å². The maximum Gasteiger partial charge on any atom is 0.408 e. The first-order valence-electron chi connectivity index (χ1n) is 10.7. The number of aliphatic imine (C=N–C) groups is 1. The Hall–Kier alpha value is -1.52. The topological polar surface area (TPSA) is 92.6 Å². The van der Waals surface area contributed by atoms with Gasteiger partial charge < -0.3 is 20.7 Å². The van der Waals surface area contributed by atoms with Gasteiger partial charge >= 0.3 is 6.09 Å². The molecule has 1 aliphatic rings. The van der Waals surface area contributed by atoms with Crippen molar-refractivity contribution in [3.8, 4) is 0 Å². The number of halogens is 1. The first kappa shape index (κ1) is 26.5. The number of hydrogen-bond donors (Lipinski definition) is 3. The average molecular weight is 534 g/mol. The summed E-state index contributed by atoms with van der Waals surface area (Å²) in [5, 5.41) is 14.1. The van der Waals surface area contributed by atoms with Crippen LogP contribution in [0.3, 0.4) is 0 Å². The van der Waals surface area contributed by atoms with Gasteiger partial charge in [0.05, 0.1) is 23.8 Å². The lowest BCUT2D eigenvalue weighted by atomic mass is 10.1. The molecule has 0 unspecified atom stereocenters. The lowest BCUT2D eigenvalue weighted by Gasteiger charge is -2.29. The Kier molecular flexibility index (Phi) is 10.4. The zero-order valence-electron chi connectivity index (χ0n) is 19.2. The predicted octanol–water partition coefficient (Wildman–Crippen LogP) is 3.97. The van der Waals surface area contributed by atoms with Crippen molar-refractivity contribution in [2.45, 2.75) is 91.0 Å². The van der Waals surface area contributed by atoms with Crippen LogP contribution in [0, 0.1) is 0 Å². The van der Waals surface area contributed by atoms with Crippen LogP contribution in [0.15, 0.2) is 17.3 Å². The summed E-state index contributed by atoms with van der Waals surface area (Å²) < 4.78 is 7.43. The number of nitrogens with zero attached hydrogens (tertiary/aromatic N) is 3. The van der Waals surface area contributed by atoms with E-state index in [0.717, 1.165) is 12.2 Å². The summed E-state index contributed by atoms with van der Waals surface area (Å²) in [6.07, 6.45) is 6.65. The molecule has 2 rings (SSSR count). The summed E-state index contributed by atoms with van der Waals surface area (Å²) in [7, 11) is 0. The normalized spacial score (nSPS) is 15.5. The number of hydrogen-bond acceptors (Lipinski definition) is 4. The van der Waals surface area contributed by atoms with Gasteiger partial charge in [0.2, 0.25) is 0 Å². The van der Waals surface area contributed by atoms with Crippen LogP contribution in [0.25, 0.3) is 0 Å². The number of carbonyl (C=O) groups is 1. The number of carbonyl (C=O) groups excluding carboxylic acids is 1. The monoisotopic (exact) mass is 534 g/mol. The van der Waals surface area contributed by atoms with Gasteiger partial charge in [0.25, 0.3) is 0 Å². The summed E-state index contributed by atoms with van der Waals surface area (Å²) in [5.74, 6) is 0.696. The van der Waals surface area contributed by atoms with Crippen molar-refractivity contribution >= 4 is 36.0 Å². The quantitative estimate of drug-likeness (QED) is 0.280. The van der Waals surface area contributed by atoms with E-state index in [1.165, 1.54) is 25.7 Å². The van der Waals surface area contributed by atoms with Gasteiger partial charge in [-0.2, -0.15) is 5.10 Å². The molecular formula is C21H39IN6O2. The minimum absolute atomic E-state index is 0. The summed E-state index contributed by atoms with van der Waals surface area (Å²) >= 11 is 0. The van der Waals surface area contributed by atoms with Crippen LogP contribution in [-0.2, 0) is 11.3 Å². The highest BCUT2D eigenvalue weighted by molar-refractivity contribution is 14.0. The highest BCUT2D eigenvalue weighted by Crippen LogP contribution is 2.28. The Morgan fingerprint density at radius 2 is 1.90 bits per heavy atom. The molecule has 3 N–H and O–H groups in total. The highest BCUT2D eigenvalue weighted by atomic mass is 127. The number of nitrogens with one attached hydrogen (secondary N) is 3. The van der Waals surface area contributed by atoms with Crippen molar-refractivity contribution < 1.29 is 9.53 Å². The van der Waals surface area contributed by atoms with E-state index in [0.29, 0.717) is 25.1 Å². The SMILES string of the molecule is CCNC(=NCc1ccn(C2CCCC2)n1)NCC(C)(C)NC(=O)OC(C)(C)C.I. The summed E-state index contributed by atoms with van der Waals surface area (Å²) in [4.78, 5) is 16.7. The number of amides is 1. The number of ether oxygens (including phenoxy) is 1. The van der Waals surface area contributed by atoms with E-state index in [-0.39, 0.29) is 24.0 Å². The Balaban J connectivity index is 0.00000450. The molecule has 0 aromatic carbocycles. The molecule has 30 heavy (non-hydrogen) atoms. The molecule has 1 fully saturated rings. The van der Waals surface area contributed by atoms with Crippen molar-refractivity contribution in [1.29, 1.82) is 0 Å². The number of rotatable bonds is 7. The van der Waals surface area contributed by atoms with Gasteiger partial charge in [-0.05, 0) is 60.5 Å².